The van der Waals surface area contributed by atoms with Crippen LogP contribution in [0.25, 0.3) is 0 Å². The molecule has 0 amide bonds. The van der Waals surface area contributed by atoms with Gasteiger partial charge in [0.1, 0.15) is 5.69 Å². The number of H-pyrrole nitrogens is 1. The number of carbonyl (C=O) groups is 1. The molecule has 0 fully saturated rings. The van der Waals surface area contributed by atoms with Gasteiger partial charge in [-0.15, -0.1) is 0 Å². The zero-order valence-electron chi connectivity index (χ0n) is 8.71. The number of hydrogen-bond acceptors (Lipinski definition) is 2. The number of aromatic amines is 1. The van der Waals surface area contributed by atoms with Gasteiger partial charge in [0.15, 0.2) is 0 Å². The number of nitrogens with one attached hydrogen (secondary N) is 1. The maximum Gasteiger partial charge on any atom is 0.354 e. The highest BCUT2D eigenvalue weighted by atomic mass is 16.4. The lowest BCUT2D eigenvalue weighted by Crippen LogP contribution is -2.23. The van der Waals surface area contributed by atoms with Gasteiger partial charge in [0.05, 0.1) is 5.69 Å². The average Bonchev–Trinajstić information content (AvgIpc) is 2.27. The van der Waals surface area contributed by atoms with Crippen molar-refractivity contribution >= 4 is 5.97 Å². The molecule has 5 nitrogen and oxygen atoms in total. The molecule has 0 atom stereocenters. The molecule has 0 aromatic carbocycles. The van der Waals surface area contributed by atoms with E-state index < -0.39 is 11.7 Å². The first kappa shape index (κ1) is 10.6. The lowest BCUT2D eigenvalue weighted by atomic mass is 9.90. The van der Waals surface area contributed by atoms with Crippen LogP contribution in [0.2, 0.25) is 0 Å². The summed E-state index contributed by atoms with van der Waals surface area (Å²) in [7, 11) is 1.56. The Morgan fingerprint density at radius 1 is 1.43 bits per heavy atom. The smallest absolute Gasteiger partial charge is 0.354 e. The normalized spacial score (nSPS) is 11.7. The largest absolute Gasteiger partial charge is 0.477 e. The van der Waals surface area contributed by atoms with Crippen molar-refractivity contribution in [2.45, 2.75) is 26.2 Å². The monoisotopic (exact) mass is 198 g/mol. The van der Waals surface area contributed by atoms with E-state index in [0.717, 1.165) is 0 Å². The second-order valence-corrected chi connectivity index (χ2v) is 4.27. The molecule has 0 aliphatic heterocycles. The quantitative estimate of drug-likeness (QED) is 0.697. The highest BCUT2D eigenvalue weighted by Gasteiger charge is 2.27. The van der Waals surface area contributed by atoms with E-state index in [1.165, 1.54) is 4.57 Å². The number of carboxylic acids is 1. The second-order valence-electron chi connectivity index (χ2n) is 4.27. The molecular weight excluding hydrogens is 184 g/mol. The Kier molecular flexibility index (Phi) is 2.27. The fraction of sp³-hybridized carbons (Fsp3) is 0.556. The molecule has 1 aromatic rings. The van der Waals surface area contributed by atoms with Crippen LogP contribution in [-0.4, -0.2) is 20.6 Å². The number of carboxylic acid groups (broad SMARTS) is 1. The lowest BCUT2D eigenvalue weighted by molar-refractivity contribution is 0.0687. The minimum absolute atomic E-state index is 0.0231. The summed E-state index contributed by atoms with van der Waals surface area (Å²) in [4.78, 5) is 24.4. The number of nitrogens with zero attached hydrogens (tertiary/aromatic N) is 1. The van der Waals surface area contributed by atoms with Crippen molar-refractivity contribution in [3.63, 3.8) is 0 Å². The van der Waals surface area contributed by atoms with E-state index in [0.29, 0.717) is 5.69 Å². The van der Waals surface area contributed by atoms with Crippen molar-refractivity contribution in [3.05, 3.63) is 21.9 Å². The average molecular weight is 198 g/mol. The third-order valence-corrected chi connectivity index (χ3v) is 2.03. The first-order valence-corrected chi connectivity index (χ1v) is 4.28. The van der Waals surface area contributed by atoms with Gasteiger partial charge >= 0.3 is 11.7 Å². The SMILES string of the molecule is Cn1c(C(C)(C)C)c(C(=O)O)[nH]c1=O. The molecule has 2 N–H and O–H groups in total. The van der Waals surface area contributed by atoms with Crippen molar-refractivity contribution in [2.24, 2.45) is 7.05 Å². The number of hydrogen-bond donors (Lipinski definition) is 2. The molecule has 14 heavy (non-hydrogen) atoms. The van der Waals surface area contributed by atoms with Crippen LogP contribution in [-0.2, 0) is 12.5 Å². The Hall–Kier alpha value is -1.52. The van der Waals surface area contributed by atoms with Gasteiger partial charge in [0, 0.05) is 12.5 Å². The molecule has 1 aromatic heterocycles. The Labute approximate surface area is 81.4 Å². The van der Waals surface area contributed by atoms with Gasteiger partial charge in [0.2, 0.25) is 0 Å². The van der Waals surface area contributed by atoms with E-state index in [-0.39, 0.29) is 11.1 Å². The minimum atomic E-state index is -1.10. The van der Waals surface area contributed by atoms with Crippen molar-refractivity contribution < 1.29 is 9.90 Å². The van der Waals surface area contributed by atoms with Crippen LogP contribution in [0, 0.1) is 0 Å². The van der Waals surface area contributed by atoms with Crippen LogP contribution in [0.15, 0.2) is 4.79 Å². The fourth-order valence-corrected chi connectivity index (χ4v) is 1.55. The molecule has 0 spiro atoms. The van der Waals surface area contributed by atoms with Crippen LogP contribution in [0.1, 0.15) is 37.0 Å². The number of rotatable bonds is 1. The van der Waals surface area contributed by atoms with Crippen LogP contribution in [0.3, 0.4) is 0 Å². The van der Waals surface area contributed by atoms with Crippen LogP contribution < -0.4 is 5.69 Å². The minimum Gasteiger partial charge on any atom is -0.477 e. The summed E-state index contributed by atoms with van der Waals surface area (Å²) in [6.45, 7) is 5.59. The fourth-order valence-electron chi connectivity index (χ4n) is 1.55. The molecule has 0 radical (unpaired) electrons. The van der Waals surface area contributed by atoms with Gasteiger partial charge in [-0.25, -0.2) is 9.59 Å². The topological polar surface area (TPSA) is 75.1 Å². The molecule has 1 heterocycles. The van der Waals surface area contributed by atoms with Gasteiger partial charge in [-0.05, 0) is 0 Å². The summed E-state index contributed by atoms with van der Waals surface area (Å²) in [5.41, 5.74) is -0.283. The first-order valence-electron chi connectivity index (χ1n) is 4.28. The maximum atomic E-state index is 11.3. The van der Waals surface area contributed by atoms with E-state index in [1.54, 1.807) is 7.05 Å². The molecule has 5 heteroatoms. The van der Waals surface area contributed by atoms with Crippen LogP contribution >= 0.6 is 0 Å². The van der Waals surface area contributed by atoms with Crippen molar-refractivity contribution in [1.29, 1.82) is 0 Å². The van der Waals surface area contributed by atoms with Gasteiger partial charge in [-0.3, -0.25) is 9.55 Å². The molecule has 0 saturated heterocycles. The van der Waals surface area contributed by atoms with Crippen LogP contribution in [0.5, 0.6) is 0 Å². The molecule has 1 rings (SSSR count). The molecule has 0 unspecified atom stereocenters. The van der Waals surface area contributed by atoms with Gasteiger partial charge in [0.25, 0.3) is 0 Å². The van der Waals surface area contributed by atoms with Crippen LogP contribution in [0.4, 0.5) is 0 Å². The molecular formula is C9H14N2O3. The predicted molar refractivity (Wildman–Crippen MR) is 51.7 cm³/mol. The Bertz CT molecular complexity index is 420. The summed E-state index contributed by atoms with van der Waals surface area (Å²) in [5, 5.41) is 8.88. The zero-order chi connectivity index (χ0) is 11.1. The first-order chi connectivity index (χ1) is 6.25. The van der Waals surface area contributed by atoms with E-state index >= 15 is 0 Å². The molecule has 78 valence electrons. The second kappa shape index (κ2) is 3.01. The molecule has 0 aliphatic rings. The van der Waals surface area contributed by atoms with Gasteiger partial charge in [-0.1, -0.05) is 20.8 Å². The highest BCUT2D eigenvalue weighted by molar-refractivity contribution is 5.87. The molecule has 0 bridgehead atoms. The lowest BCUT2D eigenvalue weighted by Gasteiger charge is -2.19. The Balaban J connectivity index is 3.54. The number of imidazole rings is 1. The molecule has 0 aliphatic carbocycles. The summed E-state index contributed by atoms with van der Waals surface area (Å²) >= 11 is 0. The van der Waals surface area contributed by atoms with E-state index in [4.69, 9.17) is 5.11 Å². The number of aromatic carboxylic acids is 1. The zero-order valence-corrected chi connectivity index (χ0v) is 8.71. The van der Waals surface area contributed by atoms with E-state index in [1.807, 2.05) is 20.8 Å². The highest BCUT2D eigenvalue weighted by Crippen LogP contribution is 2.23. The summed E-state index contributed by atoms with van der Waals surface area (Å²) < 4.78 is 1.34. The van der Waals surface area contributed by atoms with Gasteiger partial charge < -0.3 is 5.11 Å². The van der Waals surface area contributed by atoms with Crippen molar-refractivity contribution in [2.75, 3.05) is 0 Å². The van der Waals surface area contributed by atoms with E-state index in [9.17, 15) is 9.59 Å². The third-order valence-electron chi connectivity index (χ3n) is 2.03. The standard InChI is InChI=1S/C9H14N2O3/c1-9(2,3)6-5(7(12)13)10-8(14)11(6)4/h1-4H3,(H,10,14)(H,12,13). The Morgan fingerprint density at radius 2 is 1.93 bits per heavy atom. The summed E-state index contributed by atoms with van der Waals surface area (Å²) in [5.74, 6) is -1.10. The summed E-state index contributed by atoms with van der Waals surface area (Å²) in [6.07, 6.45) is 0. The van der Waals surface area contributed by atoms with Gasteiger partial charge in [-0.2, -0.15) is 0 Å². The summed E-state index contributed by atoms with van der Waals surface area (Å²) in [6, 6.07) is 0. The number of aromatic nitrogens is 2. The third kappa shape index (κ3) is 1.57. The molecule has 0 saturated carbocycles. The predicted octanol–water partition coefficient (Wildman–Crippen LogP) is 0.709. The maximum absolute atomic E-state index is 11.3. The van der Waals surface area contributed by atoms with Crippen molar-refractivity contribution in [3.8, 4) is 0 Å². The Morgan fingerprint density at radius 3 is 2.21 bits per heavy atom. The van der Waals surface area contributed by atoms with E-state index in [2.05, 4.69) is 4.98 Å². The van der Waals surface area contributed by atoms with Crippen molar-refractivity contribution in [1.82, 2.24) is 9.55 Å².